The highest BCUT2D eigenvalue weighted by Crippen LogP contribution is 2.15. The Kier molecular flexibility index (Phi) is 3.42. The summed E-state index contributed by atoms with van der Waals surface area (Å²) >= 11 is 0. The number of pyridine rings is 1. The van der Waals surface area contributed by atoms with Gasteiger partial charge in [0.25, 0.3) is 0 Å². The lowest BCUT2D eigenvalue weighted by Crippen LogP contribution is -2.45. The van der Waals surface area contributed by atoms with Crippen molar-refractivity contribution in [1.29, 1.82) is 0 Å². The molecule has 1 N–H and O–H groups in total. The van der Waals surface area contributed by atoms with Crippen molar-refractivity contribution in [1.82, 2.24) is 15.2 Å². The number of nitrogens with zero attached hydrogens (tertiary/aromatic N) is 2. The van der Waals surface area contributed by atoms with Crippen molar-refractivity contribution in [3.63, 3.8) is 0 Å². The smallest absolute Gasteiger partial charge is 0.143 e. The SMILES string of the molecule is O=CC(c1ccccn1)N1CCNCC1. The van der Waals surface area contributed by atoms with E-state index < -0.39 is 0 Å². The second-order valence-corrected chi connectivity index (χ2v) is 3.62. The van der Waals surface area contributed by atoms with Crippen LogP contribution >= 0.6 is 0 Å². The number of aromatic nitrogens is 1. The number of hydrogen-bond acceptors (Lipinski definition) is 4. The van der Waals surface area contributed by atoms with E-state index in [9.17, 15) is 4.79 Å². The summed E-state index contributed by atoms with van der Waals surface area (Å²) in [6.45, 7) is 3.69. The van der Waals surface area contributed by atoms with Crippen LogP contribution in [-0.2, 0) is 4.79 Å². The summed E-state index contributed by atoms with van der Waals surface area (Å²) in [6, 6.07) is 5.50. The Morgan fingerprint density at radius 2 is 2.20 bits per heavy atom. The molecular formula is C11H15N3O. The standard InChI is InChI=1S/C11H15N3O/c15-9-11(10-3-1-2-4-13-10)14-7-5-12-6-8-14/h1-4,9,11-12H,5-8H2. The average Bonchev–Trinajstić information content (AvgIpc) is 2.33. The second kappa shape index (κ2) is 5.00. The molecule has 1 aromatic rings. The Balaban J connectivity index is 2.12. The molecule has 2 rings (SSSR count). The molecule has 4 nitrogen and oxygen atoms in total. The van der Waals surface area contributed by atoms with Crippen molar-refractivity contribution < 1.29 is 4.79 Å². The second-order valence-electron chi connectivity index (χ2n) is 3.62. The van der Waals surface area contributed by atoms with Gasteiger partial charge in [0.05, 0.1) is 5.69 Å². The molecule has 0 aliphatic carbocycles. The van der Waals surface area contributed by atoms with E-state index >= 15 is 0 Å². The first kappa shape index (κ1) is 10.3. The van der Waals surface area contributed by atoms with Crippen molar-refractivity contribution in [3.8, 4) is 0 Å². The minimum absolute atomic E-state index is 0.187. The zero-order valence-corrected chi connectivity index (χ0v) is 8.60. The van der Waals surface area contributed by atoms with Crippen molar-refractivity contribution >= 4 is 6.29 Å². The van der Waals surface area contributed by atoms with E-state index in [4.69, 9.17) is 0 Å². The van der Waals surface area contributed by atoms with E-state index in [1.54, 1.807) is 6.20 Å². The molecule has 4 heteroatoms. The minimum atomic E-state index is -0.187. The maximum absolute atomic E-state index is 11.1. The average molecular weight is 205 g/mol. The molecule has 0 saturated carbocycles. The van der Waals surface area contributed by atoms with Crippen LogP contribution in [0.15, 0.2) is 24.4 Å². The molecule has 0 aromatic carbocycles. The van der Waals surface area contributed by atoms with Crippen molar-refractivity contribution in [2.45, 2.75) is 6.04 Å². The van der Waals surface area contributed by atoms with Gasteiger partial charge in [0.1, 0.15) is 12.3 Å². The highest BCUT2D eigenvalue weighted by molar-refractivity contribution is 5.60. The Labute approximate surface area is 89.3 Å². The third-order valence-electron chi connectivity index (χ3n) is 2.66. The van der Waals surface area contributed by atoms with Crippen LogP contribution in [0.1, 0.15) is 11.7 Å². The zero-order chi connectivity index (χ0) is 10.5. The van der Waals surface area contributed by atoms with Gasteiger partial charge in [0.2, 0.25) is 0 Å². The van der Waals surface area contributed by atoms with E-state index in [2.05, 4.69) is 15.2 Å². The van der Waals surface area contributed by atoms with Crippen molar-refractivity contribution in [2.75, 3.05) is 26.2 Å². The van der Waals surface area contributed by atoms with Crippen LogP contribution in [0.3, 0.4) is 0 Å². The molecule has 1 saturated heterocycles. The molecule has 2 heterocycles. The fraction of sp³-hybridized carbons (Fsp3) is 0.455. The molecule has 1 atom stereocenters. The highest BCUT2D eigenvalue weighted by Gasteiger charge is 2.21. The van der Waals surface area contributed by atoms with Gasteiger partial charge >= 0.3 is 0 Å². The lowest BCUT2D eigenvalue weighted by Gasteiger charge is -2.31. The molecule has 0 amide bonds. The molecule has 15 heavy (non-hydrogen) atoms. The Bertz CT molecular complexity index is 309. The molecule has 80 valence electrons. The summed E-state index contributed by atoms with van der Waals surface area (Å²) in [5.41, 5.74) is 0.842. The van der Waals surface area contributed by atoms with Crippen molar-refractivity contribution in [3.05, 3.63) is 30.1 Å². The van der Waals surface area contributed by atoms with Gasteiger partial charge in [-0.25, -0.2) is 0 Å². The summed E-state index contributed by atoms with van der Waals surface area (Å²) in [6.07, 6.45) is 2.71. The van der Waals surface area contributed by atoms with Crippen LogP contribution in [0.5, 0.6) is 0 Å². The minimum Gasteiger partial charge on any atom is -0.314 e. The van der Waals surface area contributed by atoms with Crippen LogP contribution in [-0.4, -0.2) is 42.3 Å². The molecule has 1 aliphatic rings. The number of carbonyl (C=O) groups excluding carboxylic acids is 1. The summed E-state index contributed by atoms with van der Waals surface area (Å²) in [5, 5.41) is 3.27. The van der Waals surface area contributed by atoms with Gasteiger partial charge in [-0.15, -0.1) is 0 Å². The maximum Gasteiger partial charge on any atom is 0.143 e. The van der Waals surface area contributed by atoms with Crippen molar-refractivity contribution in [2.24, 2.45) is 0 Å². The molecule has 0 radical (unpaired) electrons. The normalized spacial score (nSPS) is 19.7. The molecule has 0 bridgehead atoms. The molecule has 0 spiro atoms. The lowest BCUT2D eigenvalue weighted by molar-refractivity contribution is -0.113. The molecule has 1 aromatic heterocycles. The van der Waals surface area contributed by atoms with Gasteiger partial charge in [0, 0.05) is 32.4 Å². The fourth-order valence-electron chi connectivity index (χ4n) is 1.85. The van der Waals surface area contributed by atoms with E-state index in [0.29, 0.717) is 0 Å². The zero-order valence-electron chi connectivity index (χ0n) is 8.60. The third-order valence-corrected chi connectivity index (χ3v) is 2.66. The fourth-order valence-corrected chi connectivity index (χ4v) is 1.85. The summed E-state index contributed by atoms with van der Waals surface area (Å²) in [4.78, 5) is 17.5. The number of aldehydes is 1. The number of carbonyl (C=O) groups is 1. The van der Waals surface area contributed by atoms with Crippen LogP contribution in [0.25, 0.3) is 0 Å². The van der Waals surface area contributed by atoms with E-state index in [1.807, 2.05) is 18.2 Å². The van der Waals surface area contributed by atoms with Crippen LogP contribution in [0, 0.1) is 0 Å². The number of hydrogen-bond donors (Lipinski definition) is 1. The van der Waals surface area contributed by atoms with Gasteiger partial charge < -0.3 is 10.1 Å². The third kappa shape index (κ3) is 2.40. The topological polar surface area (TPSA) is 45.2 Å². The van der Waals surface area contributed by atoms with Gasteiger partial charge in [-0.1, -0.05) is 6.07 Å². The Hall–Kier alpha value is -1.26. The largest absolute Gasteiger partial charge is 0.314 e. The van der Waals surface area contributed by atoms with Gasteiger partial charge in [-0.3, -0.25) is 9.88 Å². The quantitative estimate of drug-likeness (QED) is 0.717. The number of rotatable bonds is 3. The maximum atomic E-state index is 11.1. The van der Waals surface area contributed by atoms with Gasteiger partial charge in [-0.2, -0.15) is 0 Å². The van der Waals surface area contributed by atoms with Gasteiger partial charge in [-0.05, 0) is 12.1 Å². The predicted molar refractivity (Wildman–Crippen MR) is 57.5 cm³/mol. The van der Waals surface area contributed by atoms with E-state index in [0.717, 1.165) is 38.2 Å². The molecule has 1 fully saturated rings. The van der Waals surface area contributed by atoms with Crippen LogP contribution < -0.4 is 5.32 Å². The first-order valence-corrected chi connectivity index (χ1v) is 5.23. The highest BCUT2D eigenvalue weighted by atomic mass is 16.1. The number of piperazine rings is 1. The van der Waals surface area contributed by atoms with Crippen LogP contribution in [0.2, 0.25) is 0 Å². The monoisotopic (exact) mass is 205 g/mol. The summed E-state index contributed by atoms with van der Waals surface area (Å²) in [5.74, 6) is 0. The first-order chi connectivity index (χ1) is 7.42. The van der Waals surface area contributed by atoms with E-state index in [-0.39, 0.29) is 6.04 Å². The summed E-state index contributed by atoms with van der Waals surface area (Å²) in [7, 11) is 0. The van der Waals surface area contributed by atoms with E-state index in [1.165, 1.54) is 0 Å². The Morgan fingerprint density at radius 3 is 2.80 bits per heavy atom. The number of nitrogens with one attached hydrogen (secondary N) is 1. The summed E-state index contributed by atoms with van der Waals surface area (Å²) < 4.78 is 0. The molecule has 1 unspecified atom stereocenters. The molecular weight excluding hydrogens is 190 g/mol. The Morgan fingerprint density at radius 1 is 1.40 bits per heavy atom. The predicted octanol–water partition coefficient (Wildman–Crippen LogP) is 0.227. The first-order valence-electron chi connectivity index (χ1n) is 5.23. The molecule has 1 aliphatic heterocycles. The lowest BCUT2D eigenvalue weighted by atomic mass is 10.1. The van der Waals surface area contributed by atoms with Gasteiger partial charge in [0.15, 0.2) is 0 Å². The van der Waals surface area contributed by atoms with Crippen LogP contribution in [0.4, 0.5) is 0 Å².